The standard InChI is InChI=1S/C22H24N2O/c1-15-7-9-20-18(13-15)19-14-17(8-10-21(19)24-20)22(25)23-12-11-16-5-3-2-4-6-16/h2-7,9,13,17,24H,8,10-12,14H2,1H3,(H,23,25). The summed E-state index contributed by atoms with van der Waals surface area (Å²) >= 11 is 0. The molecule has 0 aliphatic heterocycles. The Morgan fingerprint density at radius 3 is 2.88 bits per heavy atom. The maximum absolute atomic E-state index is 12.6. The number of hydrogen-bond donors (Lipinski definition) is 2. The molecule has 3 aromatic rings. The van der Waals surface area contributed by atoms with Crippen molar-refractivity contribution in [3.8, 4) is 0 Å². The molecular weight excluding hydrogens is 308 g/mol. The highest BCUT2D eigenvalue weighted by molar-refractivity contribution is 5.87. The lowest BCUT2D eigenvalue weighted by molar-refractivity contribution is -0.125. The van der Waals surface area contributed by atoms with Crippen LogP contribution in [0.4, 0.5) is 0 Å². The van der Waals surface area contributed by atoms with Crippen molar-refractivity contribution in [2.24, 2.45) is 5.92 Å². The lowest BCUT2D eigenvalue weighted by Gasteiger charge is -2.22. The third kappa shape index (κ3) is 3.32. The molecule has 1 amide bonds. The molecule has 2 aromatic carbocycles. The first kappa shape index (κ1) is 15.9. The third-order valence-electron chi connectivity index (χ3n) is 5.27. The highest BCUT2D eigenvalue weighted by Crippen LogP contribution is 2.32. The molecule has 1 aliphatic carbocycles. The van der Waals surface area contributed by atoms with E-state index in [0.717, 1.165) is 25.7 Å². The van der Waals surface area contributed by atoms with Gasteiger partial charge in [-0.15, -0.1) is 0 Å². The van der Waals surface area contributed by atoms with Crippen molar-refractivity contribution in [2.75, 3.05) is 6.54 Å². The molecule has 1 aromatic heterocycles. The summed E-state index contributed by atoms with van der Waals surface area (Å²) in [6.45, 7) is 2.83. The number of hydrogen-bond acceptors (Lipinski definition) is 1. The molecule has 3 heteroatoms. The summed E-state index contributed by atoms with van der Waals surface area (Å²) < 4.78 is 0. The molecular formula is C22H24N2O. The molecule has 0 fully saturated rings. The molecule has 3 nitrogen and oxygen atoms in total. The van der Waals surface area contributed by atoms with Crippen LogP contribution in [-0.4, -0.2) is 17.4 Å². The Labute approximate surface area is 148 Å². The monoisotopic (exact) mass is 332 g/mol. The van der Waals surface area contributed by atoms with E-state index in [9.17, 15) is 4.79 Å². The Morgan fingerprint density at radius 2 is 2.04 bits per heavy atom. The lowest BCUT2D eigenvalue weighted by atomic mass is 9.85. The predicted octanol–water partition coefficient (Wildman–Crippen LogP) is 3.94. The van der Waals surface area contributed by atoms with Crippen LogP contribution in [0, 0.1) is 12.8 Å². The topological polar surface area (TPSA) is 44.9 Å². The zero-order valence-corrected chi connectivity index (χ0v) is 14.6. The minimum Gasteiger partial charge on any atom is -0.358 e. The lowest BCUT2D eigenvalue weighted by Crippen LogP contribution is -2.35. The van der Waals surface area contributed by atoms with E-state index in [1.54, 1.807) is 0 Å². The summed E-state index contributed by atoms with van der Waals surface area (Å²) in [6.07, 6.45) is 3.61. The molecule has 1 heterocycles. The number of aromatic nitrogens is 1. The molecule has 4 rings (SSSR count). The molecule has 128 valence electrons. The van der Waals surface area contributed by atoms with Gasteiger partial charge in [-0.3, -0.25) is 4.79 Å². The molecule has 0 saturated carbocycles. The van der Waals surface area contributed by atoms with Gasteiger partial charge in [0.15, 0.2) is 0 Å². The first-order valence-corrected chi connectivity index (χ1v) is 9.12. The van der Waals surface area contributed by atoms with Gasteiger partial charge < -0.3 is 10.3 Å². The first-order valence-electron chi connectivity index (χ1n) is 9.12. The van der Waals surface area contributed by atoms with Gasteiger partial charge in [-0.05, 0) is 55.9 Å². The van der Waals surface area contributed by atoms with Gasteiger partial charge in [0.2, 0.25) is 5.91 Å². The number of H-pyrrole nitrogens is 1. The zero-order valence-electron chi connectivity index (χ0n) is 14.6. The van der Waals surface area contributed by atoms with Crippen LogP contribution in [0.1, 0.15) is 28.8 Å². The minimum atomic E-state index is 0.0859. The molecule has 2 N–H and O–H groups in total. The van der Waals surface area contributed by atoms with Crippen molar-refractivity contribution >= 4 is 16.8 Å². The summed E-state index contributed by atoms with van der Waals surface area (Å²) in [7, 11) is 0. The van der Waals surface area contributed by atoms with Crippen LogP contribution in [0.25, 0.3) is 10.9 Å². The summed E-state index contributed by atoms with van der Waals surface area (Å²) in [5.41, 5.74) is 6.38. The Morgan fingerprint density at radius 1 is 1.20 bits per heavy atom. The number of aryl methyl sites for hydroxylation is 2. The van der Waals surface area contributed by atoms with E-state index in [-0.39, 0.29) is 11.8 Å². The quantitative estimate of drug-likeness (QED) is 0.747. The van der Waals surface area contributed by atoms with Gasteiger partial charge in [0.25, 0.3) is 0 Å². The second-order valence-corrected chi connectivity index (χ2v) is 7.10. The van der Waals surface area contributed by atoms with Crippen molar-refractivity contribution < 1.29 is 4.79 Å². The van der Waals surface area contributed by atoms with Crippen LogP contribution in [0.15, 0.2) is 48.5 Å². The molecule has 1 aliphatic rings. The Bertz CT molecular complexity index is 895. The van der Waals surface area contributed by atoms with Gasteiger partial charge in [-0.2, -0.15) is 0 Å². The highest BCUT2D eigenvalue weighted by atomic mass is 16.1. The van der Waals surface area contributed by atoms with E-state index < -0.39 is 0 Å². The Kier molecular flexibility index (Phi) is 4.31. The molecule has 1 unspecified atom stereocenters. The zero-order chi connectivity index (χ0) is 17.2. The first-order chi connectivity index (χ1) is 12.2. The summed E-state index contributed by atoms with van der Waals surface area (Å²) in [5.74, 6) is 0.284. The van der Waals surface area contributed by atoms with E-state index in [1.807, 2.05) is 18.2 Å². The van der Waals surface area contributed by atoms with Crippen LogP contribution in [0.2, 0.25) is 0 Å². The molecule has 0 radical (unpaired) electrons. The Balaban J connectivity index is 1.42. The maximum Gasteiger partial charge on any atom is 0.223 e. The number of rotatable bonds is 4. The van der Waals surface area contributed by atoms with Crippen LogP contribution >= 0.6 is 0 Å². The van der Waals surface area contributed by atoms with E-state index in [2.05, 4.69) is 47.6 Å². The molecule has 0 bridgehead atoms. The summed E-state index contributed by atoms with van der Waals surface area (Å²) in [4.78, 5) is 16.1. The predicted molar refractivity (Wildman–Crippen MR) is 102 cm³/mol. The fourth-order valence-electron chi connectivity index (χ4n) is 3.87. The number of fused-ring (bicyclic) bond motifs is 3. The van der Waals surface area contributed by atoms with Crippen molar-refractivity contribution in [3.05, 3.63) is 70.9 Å². The maximum atomic E-state index is 12.6. The molecule has 0 saturated heterocycles. The van der Waals surface area contributed by atoms with E-state index >= 15 is 0 Å². The average Bonchev–Trinajstić information content (AvgIpc) is 2.99. The van der Waals surface area contributed by atoms with Crippen molar-refractivity contribution in [2.45, 2.75) is 32.6 Å². The van der Waals surface area contributed by atoms with Crippen LogP contribution in [0.5, 0.6) is 0 Å². The average molecular weight is 332 g/mol. The number of carbonyl (C=O) groups excluding carboxylic acids is 1. The number of aromatic amines is 1. The van der Waals surface area contributed by atoms with Crippen molar-refractivity contribution in [1.29, 1.82) is 0 Å². The van der Waals surface area contributed by atoms with Gasteiger partial charge in [0.05, 0.1) is 0 Å². The summed E-state index contributed by atoms with van der Waals surface area (Å²) in [6, 6.07) is 16.8. The van der Waals surface area contributed by atoms with Gasteiger partial charge in [0, 0.05) is 29.1 Å². The van der Waals surface area contributed by atoms with Gasteiger partial charge in [-0.1, -0.05) is 42.0 Å². The molecule has 1 atom stereocenters. The third-order valence-corrected chi connectivity index (χ3v) is 5.27. The van der Waals surface area contributed by atoms with Crippen molar-refractivity contribution in [1.82, 2.24) is 10.3 Å². The van der Waals surface area contributed by atoms with Crippen LogP contribution in [0.3, 0.4) is 0 Å². The number of carbonyl (C=O) groups is 1. The second-order valence-electron chi connectivity index (χ2n) is 7.10. The minimum absolute atomic E-state index is 0.0859. The van der Waals surface area contributed by atoms with Crippen LogP contribution < -0.4 is 5.32 Å². The second kappa shape index (κ2) is 6.75. The Hall–Kier alpha value is -2.55. The molecule has 25 heavy (non-hydrogen) atoms. The largest absolute Gasteiger partial charge is 0.358 e. The van der Waals surface area contributed by atoms with Crippen molar-refractivity contribution in [3.63, 3.8) is 0 Å². The van der Waals surface area contributed by atoms with E-state index in [0.29, 0.717) is 6.54 Å². The van der Waals surface area contributed by atoms with Gasteiger partial charge in [-0.25, -0.2) is 0 Å². The number of amides is 1. The normalized spacial score (nSPS) is 16.6. The summed E-state index contributed by atoms with van der Waals surface area (Å²) in [5, 5.41) is 4.42. The SMILES string of the molecule is Cc1ccc2[nH]c3c(c2c1)CC(C(=O)NCCc1ccccc1)CC3. The van der Waals surface area contributed by atoms with Gasteiger partial charge in [0.1, 0.15) is 0 Å². The highest BCUT2D eigenvalue weighted by Gasteiger charge is 2.27. The smallest absolute Gasteiger partial charge is 0.223 e. The fourth-order valence-corrected chi connectivity index (χ4v) is 3.87. The number of benzene rings is 2. The van der Waals surface area contributed by atoms with E-state index in [4.69, 9.17) is 0 Å². The number of nitrogens with one attached hydrogen (secondary N) is 2. The molecule has 0 spiro atoms. The van der Waals surface area contributed by atoms with Crippen LogP contribution in [-0.2, 0) is 24.1 Å². The van der Waals surface area contributed by atoms with E-state index in [1.165, 1.54) is 33.3 Å². The van der Waals surface area contributed by atoms with Gasteiger partial charge >= 0.3 is 0 Å². The fraction of sp³-hybridized carbons (Fsp3) is 0.318.